The van der Waals surface area contributed by atoms with E-state index in [4.69, 9.17) is 17.3 Å². The van der Waals surface area contributed by atoms with Crippen molar-refractivity contribution in [1.29, 1.82) is 0 Å². The molecule has 1 fully saturated rings. The van der Waals surface area contributed by atoms with Gasteiger partial charge < -0.3 is 15.7 Å². The standard InChI is InChI=1S/C14H21ClN2O/c1-17-6-4-10(5-7-17)12-3-2-11(8-13(12)15)14(18)9-16/h2-3,8,10,14,18H,4-7,9,16H2,1H3. The Morgan fingerprint density at radius 1 is 1.44 bits per heavy atom. The van der Waals surface area contributed by atoms with E-state index in [0.717, 1.165) is 36.5 Å². The molecule has 0 aromatic heterocycles. The van der Waals surface area contributed by atoms with Gasteiger partial charge in [0.1, 0.15) is 0 Å². The van der Waals surface area contributed by atoms with Crippen LogP contribution < -0.4 is 5.73 Å². The summed E-state index contributed by atoms with van der Waals surface area (Å²) in [4.78, 5) is 2.34. The van der Waals surface area contributed by atoms with Gasteiger partial charge >= 0.3 is 0 Å². The monoisotopic (exact) mass is 268 g/mol. The Labute approximate surface area is 114 Å². The molecule has 0 bridgehead atoms. The minimum atomic E-state index is -0.617. The molecule has 0 amide bonds. The van der Waals surface area contributed by atoms with Crippen LogP contribution in [0.15, 0.2) is 18.2 Å². The maximum atomic E-state index is 9.70. The summed E-state index contributed by atoms with van der Waals surface area (Å²) in [7, 11) is 2.15. The Kier molecular flexibility index (Phi) is 4.62. The highest BCUT2D eigenvalue weighted by atomic mass is 35.5. The molecule has 1 heterocycles. The lowest BCUT2D eigenvalue weighted by molar-refractivity contribution is 0.186. The first-order valence-electron chi connectivity index (χ1n) is 6.48. The first kappa shape index (κ1) is 13.8. The van der Waals surface area contributed by atoms with Gasteiger partial charge in [-0.2, -0.15) is 0 Å². The molecule has 3 N–H and O–H groups in total. The van der Waals surface area contributed by atoms with E-state index in [0.29, 0.717) is 5.92 Å². The van der Waals surface area contributed by atoms with Crippen molar-refractivity contribution in [1.82, 2.24) is 4.90 Å². The maximum Gasteiger partial charge on any atom is 0.0912 e. The van der Waals surface area contributed by atoms with E-state index in [1.54, 1.807) is 0 Å². The van der Waals surface area contributed by atoms with Crippen LogP contribution in [0.3, 0.4) is 0 Å². The molecule has 0 spiro atoms. The van der Waals surface area contributed by atoms with Crippen molar-refractivity contribution in [3.63, 3.8) is 0 Å². The smallest absolute Gasteiger partial charge is 0.0912 e. The van der Waals surface area contributed by atoms with Crippen molar-refractivity contribution in [3.8, 4) is 0 Å². The highest BCUT2D eigenvalue weighted by molar-refractivity contribution is 6.31. The van der Waals surface area contributed by atoms with Crippen molar-refractivity contribution in [3.05, 3.63) is 34.3 Å². The second-order valence-corrected chi connectivity index (χ2v) is 5.52. The number of aliphatic hydroxyl groups excluding tert-OH is 1. The predicted octanol–water partition coefficient (Wildman–Crippen LogP) is 2.14. The van der Waals surface area contributed by atoms with Crippen LogP contribution in [0, 0.1) is 0 Å². The third-order valence-corrected chi connectivity index (χ3v) is 4.12. The van der Waals surface area contributed by atoms with E-state index in [2.05, 4.69) is 11.9 Å². The van der Waals surface area contributed by atoms with E-state index in [-0.39, 0.29) is 6.54 Å². The second kappa shape index (κ2) is 6.02. The van der Waals surface area contributed by atoms with Crippen molar-refractivity contribution in [2.45, 2.75) is 24.9 Å². The van der Waals surface area contributed by atoms with Crippen molar-refractivity contribution >= 4 is 11.6 Å². The molecule has 1 aromatic carbocycles. The first-order chi connectivity index (χ1) is 8.61. The Bertz CT molecular complexity index is 403. The molecular formula is C14H21ClN2O. The van der Waals surface area contributed by atoms with Gasteiger partial charge in [0.05, 0.1) is 6.10 Å². The molecule has 18 heavy (non-hydrogen) atoms. The Morgan fingerprint density at radius 2 is 2.11 bits per heavy atom. The van der Waals surface area contributed by atoms with E-state index >= 15 is 0 Å². The average molecular weight is 269 g/mol. The highest BCUT2D eigenvalue weighted by Gasteiger charge is 2.21. The van der Waals surface area contributed by atoms with Crippen LogP contribution in [-0.4, -0.2) is 36.7 Å². The van der Waals surface area contributed by atoms with Crippen LogP contribution in [0.4, 0.5) is 0 Å². The zero-order chi connectivity index (χ0) is 13.1. The van der Waals surface area contributed by atoms with Gasteiger partial charge in [-0.25, -0.2) is 0 Å². The third-order valence-electron chi connectivity index (χ3n) is 3.79. The van der Waals surface area contributed by atoms with Crippen LogP contribution in [0.2, 0.25) is 5.02 Å². The lowest BCUT2D eigenvalue weighted by Gasteiger charge is -2.29. The fourth-order valence-corrected chi connectivity index (χ4v) is 2.88. The molecule has 1 aliphatic heterocycles. The minimum absolute atomic E-state index is 0.226. The van der Waals surface area contributed by atoms with Crippen LogP contribution in [0.5, 0.6) is 0 Å². The van der Waals surface area contributed by atoms with Gasteiger partial charge in [-0.3, -0.25) is 0 Å². The molecule has 0 aliphatic carbocycles. The molecule has 1 saturated heterocycles. The molecule has 100 valence electrons. The lowest BCUT2D eigenvalue weighted by Crippen LogP contribution is -2.29. The number of rotatable bonds is 3. The molecule has 0 radical (unpaired) electrons. The van der Waals surface area contributed by atoms with E-state index in [1.807, 2.05) is 18.2 Å². The van der Waals surface area contributed by atoms with Crippen LogP contribution in [0.1, 0.15) is 36.0 Å². The SMILES string of the molecule is CN1CCC(c2ccc(C(O)CN)cc2Cl)CC1. The number of halogens is 1. The summed E-state index contributed by atoms with van der Waals surface area (Å²) in [6, 6.07) is 5.84. The Hall–Kier alpha value is -0.610. The van der Waals surface area contributed by atoms with Gasteiger partial charge in [-0.05, 0) is 56.1 Å². The fourth-order valence-electron chi connectivity index (χ4n) is 2.54. The largest absolute Gasteiger partial charge is 0.387 e. The number of hydrogen-bond donors (Lipinski definition) is 2. The number of aliphatic hydroxyl groups is 1. The summed E-state index contributed by atoms with van der Waals surface area (Å²) in [6.45, 7) is 2.46. The molecule has 1 atom stereocenters. The molecule has 1 aliphatic rings. The predicted molar refractivity (Wildman–Crippen MR) is 74.9 cm³/mol. The summed E-state index contributed by atoms with van der Waals surface area (Å²) < 4.78 is 0. The van der Waals surface area contributed by atoms with Crippen LogP contribution in [-0.2, 0) is 0 Å². The zero-order valence-electron chi connectivity index (χ0n) is 10.8. The number of hydrogen-bond acceptors (Lipinski definition) is 3. The molecule has 1 unspecified atom stereocenters. The van der Waals surface area contributed by atoms with Gasteiger partial charge in [0.2, 0.25) is 0 Å². The maximum absolute atomic E-state index is 9.70. The normalized spacial score (nSPS) is 20.0. The quantitative estimate of drug-likeness (QED) is 0.883. The molecule has 0 saturated carbocycles. The number of piperidine rings is 1. The van der Waals surface area contributed by atoms with Crippen molar-refractivity contribution in [2.75, 3.05) is 26.7 Å². The van der Waals surface area contributed by atoms with Crippen molar-refractivity contribution < 1.29 is 5.11 Å². The minimum Gasteiger partial charge on any atom is -0.387 e. The number of nitrogens with two attached hydrogens (primary N) is 1. The van der Waals surface area contributed by atoms with Gasteiger partial charge in [0.15, 0.2) is 0 Å². The molecule has 3 nitrogen and oxygen atoms in total. The molecule has 1 aromatic rings. The summed E-state index contributed by atoms with van der Waals surface area (Å²) in [5, 5.41) is 10.5. The highest BCUT2D eigenvalue weighted by Crippen LogP contribution is 2.33. The average Bonchev–Trinajstić information content (AvgIpc) is 2.39. The second-order valence-electron chi connectivity index (χ2n) is 5.11. The molecule has 2 rings (SSSR count). The third kappa shape index (κ3) is 3.04. The van der Waals surface area contributed by atoms with Crippen LogP contribution >= 0.6 is 11.6 Å². The van der Waals surface area contributed by atoms with Gasteiger partial charge in [0.25, 0.3) is 0 Å². The summed E-state index contributed by atoms with van der Waals surface area (Å²) >= 11 is 6.33. The molecule has 4 heteroatoms. The fraction of sp³-hybridized carbons (Fsp3) is 0.571. The van der Waals surface area contributed by atoms with Gasteiger partial charge in [-0.15, -0.1) is 0 Å². The first-order valence-corrected chi connectivity index (χ1v) is 6.85. The summed E-state index contributed by atoms with van der Waals surface area (Å²) in [5.74, 6) is 0.540. The number of benzene rings is 1. The van der Waals surface area contributed by atoms with E-state index in [1.165, 1.54) is 5.56 Å². The summed E-state index contributed by atoms with van der Waals surface area (Å²) in [5.41, 5.74) is 7.46. The Morgan fingerprint density at radius 3 is 2.67 bits per heavy atom. The lowest BCUT2D eigenvalue weighted by atomic mass is 9.88. The van der Waals surface area contributed by atoms with Crippen molar-refractivity contribution in [2.24, 2.45) is 5.73 Å². The topological polar surface area (TPSA) is 49.5 Å². The zero-order valence-corrected chi connectivity index (χ0v) is 11.5. The van der Waals surface area contributed by atoms with E-state index < -0.39 is 6.10 Å². The Balaban J connectivity index is 2.14. The van der Waals surface area contributed by atoms with Gasteiger partial charge in [-0.1, -0.05) is 23.7 Å². The summed E-state index contributed by atoms with van der Waals surface area (Å²) in [6.07, 6.45) is 1.68. The number of likely N-dealkylation sites (tertiary alicyclic amines) is 1. The van der Waals surface area contributed by atoms with E-state index in [9.17, 15) is 5.11 Å². The number of nitrogens with zero attached hydrogens (tertiary/aromatic N) is 1. The van der Waals surface area contributed by atoms with Crippen LogP contribution in [0.25, 0.3) is 0 Å². The van der Waals surface area contributed by atoms with Gasteiger partial charge in [0, 0.05) is 11.6 Å². The molecular weight excluding hydrogens is 248 g/mol.